The molecule has 1 amide bonds. The van der Waals surface area contributed by atoms with Gasteiger partial charge in [-0.15, -0.1) is 0 Å². The standard InChI is InChI=1S/C18H25FN2O2/c1-14(22)21-11-3-5-18(21)17-4-2-10-20(17)12-13-23-16-8-6-15(19)7-9-16/h6-9,17-18H,2-5,10-13H2,1H3/t17-,18-/m0/s1. The first kappa shape index (κ1) is 16.2. The molecule has 0 aromatic heterocycles. The number of hydrogen-bond donors (Lipinski definition) is 0. The molecule has 2 fully saturated rings. The third-order valence-electron chi connectivity index (χ3n) is 5.02. The highest BCUT2D eigenvalue weighted by Gasteiger charge is 2.38. The maximum Gasteiger partial charge on any atom is 0.219 e. The van der Waals surface area contributed by atoms with Gasteiger partial charge in [-0.3, -0.25) is 9.69 Å². The lowest BCUT2D eigenvalue weighted by atomic mass is 10.0. The van der Waals surface area contributed by atoms with E-state index < -0.39 is 0 Å². The van der Waals surface area contributed by atoms with Crippen molar-refractivity contribution < 1.29 is 13.9 Å². The fourth-order valence-corrected chi connectivity index (χ4v) is 3.96. The number of ether oxygens (including phenoxy) is 1. The van der Waals surface area contributed by atoms with Crippen LogP contribution in [0, 0.1) is 5.82 Å². The van der Waals surface area contributed by atoms with Gasteiger partial charge < -0.3 is 9.64 Å². The van der Waals surface area contributed by atoms with E-state index in [1.54, 1.807) is 19.1 Å². The van der Waals surface area contributed by atoms with E-state index in [-0.39, 0.29) is 11.7 Å². The number of halogens is 1. The summed E-state index contributed by atoms with van der Waals surface area (Å²) in [7, 11) is 0. The number of rotatable bonds is 5. The predicted octanol–water partition coefficient (Wildman–Crippen LogP) is 2.68. The first-order chi connectivity index (χ1) is 11.1. The van der Waals surface area contributed by atoms with Gasteiger partial charge >= 0.3 is 0 Å². The Balaban J connectivity index is 1.53. The topological polar surface area (TPSA) is 32.8 Å². The smallest absolute Gasteiger partial charge is 0.219 e. The Morgan fingerprint density at radius 3 is 2.61 bits per heavy atom. The molecule has 0 bridgehead atoms. The summed E-state index contributed by atoms with van der Waals surface area (Å²) in [6.07, 6.45) is 4.56. The van der Waals surface area contributed by atoms with Crippen molar-refractivity contribution in [3.63, 3.8) is 0 Å². The van der Waals surface area contributed by atoms with Gasteiger partial charge in [-0.1, -0.05) is 0 Å². The highest BCUT2D eigenvalue weighted by Crippen LogP contribution is 2.29. The van der Waals surface area contributed by atoms with Crippen LogP contribution in [0.3, 0.4) is 0 Å². The highest BCUT2D eigenvalue weighted by molar-refractivity contribution is 5.74. The molecule has 1 aromatic carbocycles. The van der Waals surface area contributed by atoms with Crippen LogP contribution in [0.15, 0.2) is 24.3 Å². The first-order valence-electron chi connectivity index (χ1n) is 8.55. The van der Waals surface area contributed by atoms with E-state index in [1.807, 2.05) is 4.90 Å². The van der Waals surface area contributed by atoms with Crippen molar-refractivity contribution >= 4 is 5.91 Å². The van der Waals surface area contributed by atoms with E-state index in [9.17, 15) is 9.18 Å². The summed E-state index contributed by atoms with van der Waals surface area (Å²) in [6, 6.07) is 6.96. The zero-order chi connectivity index (χ0) is 16.2. The van der Waals surface area contributed by atoms with Gasteiger partial charge in [-0.25, -0.2) is 4.39 Å². The molecule has 2 aliphatic rings. The van der Waals surface area contributed by atoms with Crippen LogP contribution in [-0.2, 0) is 4.79 Å². The van der Waals surface area contributed by atoms with E-state index in [1.165, 1.54) is 18.6 Å². The molecule has 2 heterocycles. The Morgan fingerprint density at radius 1 is 1.17 bits per heavy atom. The van der Waals surface area contributed by atoms with Crippen molar-refractivity contribution in [2.75, 3.05) is 26.2 Å². The van der Waals surface area contributed by atoms with Crippen LogP contribution in [0.25, 0.3) is 0 Å². The van der Waals surface area contributed by atoms with Crippen LogP contribution >= 0.6 is 0 Å². The molecule has 0 N–H and O–H groups in total. The third kappa shape index (κ3) is 3.83. The lowest BCUT2D eigenvalue weighted by Crippen LogP contribution is -2.48. The highest BCUT2D eigenvalue weighted by atomic mass is 19.1. The molecule has 2 saturated heterocycles. The van der Waals surface area contributed by atoms with E-state index in [4.69, 9.17) is 4.74 Å². The minimum absolute atomic E-state index is 0.196. The Bertz CT molecular complexity index is 534. The van der Waals surface area contributed by atoms with Gasteiger partial charge in [0.15, 0.2) is 0 Å². The second kappa shape index (κ2) is 7.30. The monoisotopic (exact) mass is 320 g/mol. The van der Waals surface area contributed by atoms with Gasteiger partial charge in [0.1, 0.15) is 18.2 Å². The molecule has 5 heteroatoms. The van der Waals surface area contributed by atoms with Gasteiger partial charge in [-0.05, 0) is 56.5 Å². The molecule has 126 valence electrons. The Kier molecular flexibility index (Phi) is 5.16. The van der Waals surface area contributed by atoms with Crippen LogP contribution < -0.4 is 4.74 Å². The van der Waals surface area contributed by atoms with E-state index >= 15 is 0 Å². The molecule has 0 aliphatic carbocycles. The van der Waals surface area contributed by atoms with Crippen molar-refractivity contribution in [2.45, 2.75) is 44.7 Å². The minimum atomic E-state index is -0.248. The molecule has 0 unspecified atom stereocenters. The molecule has 1 aromatic rings. The lowest BCUT2D eigenvalue weighted by molar-refractivity contribution is -0.130. The maximum absolute atomic E-state index is 12.9. The van der Waals surface area contributed by atoms with Crippen molar-refractivity contribution in [1.29, 1.82) is 0 Å². The summed E-state index contributed by atoms with van der Waals surface area (Å²) >= 11 is 0. The maximum atomic E-state index is 12.9. The van der Waals surface area contributed by atoms with Gasteiger partial charge in [0.25, 0.3) is 0 Å². The number of carbonyl (C=O) groups excluding carboxylic acids is 1. The van der Waals surface area contributed by atoms with Gasteiger partial charge in [0, 0.05) is 32.1 Å². The zero-order valence-corrected chi connectivity index (χ0v) is 13.7. The van der Waals surface area contributed by atoms with Crippen molar-refractivity contribution in [2.24, 2.45) is 0 Å². The number of carbonyl (C=O) groups is 1. The minimum Gasteiger partial charge on any atom is -0.492 e. The lowest BCUT2D eigenvalue weighted by Gasteiger charge is -2.34. The Labute approximate surface area is 137 Å². The normalized spacial score (nSPS) is 25.0. The zero-order valence-electron chi connectivity index (χ0n) is 13.7. The fraction of sp³-hybridized carbons (Fsp3) is 0.611. The van der Waals surface area contributed by atoms with Crippen LogP contribution in [0.4, 0.5) is 4.39 Å². The largest absolute Gasteiger partial charge is 0.492 e. The third-order valence-corrected chi connectivity index (χ3v) is 5.02. The molecule has 2 aliphatic heterocycles. The van der Waals surface area contributed by atoms with Gasteiger partial charge in [0.05, 0.1) is 0 Å². The van der Waals surface area contributed by atoms with E-state index in [2.05, 4.69) is 4.90 Å². The molecule has 0 radical (unpaired) electrons. The van der Waals surface area contributed by atoms with Gasteiger partial charge in [-0.2, -0.15) is 0 Å². The summed E-state index contributed by atoms with van der Waals surface area (Å²) in [6.45, 7) is 5.09. The number of amides is 1. The van der Waals surface area contributed by atoms with Crippen molar-refractivity contribution in [1.82, 2.24) is 9.80 Å². The van der Waals surface area contributed by atoms with Crippen LogP contribution in [-0.4, -0.2) is 54.0 Å². The quantitative estimate of drug-likeness (QED) is 0.836. The van der Waals surface area contributed by atoms with Crippen LogP contribution in [0.2, 0.25) is 0 Å². The second-order valence-electron chi connectivity index (χ2n) is 6.47. The molecular weight excluding hydrogens is 295 g/mol. The first-order valence-corrected chi connectivity index (χ1v) is 8.55. The molecule has 2 atom stereocenters. The average molecular weight is 320 g/mol. The second-order valence-corrected chi connectivity index (χ2v) is 6.47. The summed E-state index contributed by atoms with van der Waals surface area (Å²) in [5.41, 5.74) is 0. The molecule has 0 saturated carbocycles. The SMILES string of the molecule is CC(=O)N1CCC[C@H]1[C@@H]1CCCN1CCOc1ccc(F)cc1. The van der Waals surface area contributed by atoms with Crippen molar-refractivity contribution in [3.8, 4) is 5.75 Å². The van der Waals surface area contributed by atoms with Crippen LogP contribution in [0.1, 0.15) is 32.6 Å². The predicted molar refractivity (Wildman–Crippen MR) is 86.9 cm³/mol. The van der Waals surface area contributed by atoms with Gasteiger partial charge in [0.2, 0.25) is 5.91 Å². The fourth-order valence-electron chi connectivity index (χ4n) is 3.96. The van der Waals surface area contributed by atoms with E-state index in [0.29, 0.717) is 24.4 Å². The molecule has 4 nitrogen and oxygen atoms in total. The number of benzene rings is 1. The average Bonchev–Trinajstić information content (AvgIpc) is 3.17. The van der Waals surface area contributed by atoms with E-state index in [0.717, 1.165) is 38.9 Å². The summed E-state index contributed by atoms with van der Waals surface area (Å²) in [4.78, 5) is 16.3. The van der Waals surface area contributed by atoms with Crippen molar-refractivity contribution in [3.05, 3.63) is 30.1 Å². The molecule has 23 heavy (non-hydrogen) atoms. The molecule has 3 rings (SSSR count). The summed E-state index contributed by atoms with van der Waals surface area (Å²) < 4.78 is 18.6. The van der Waals surface area contributed by atoms with Crippen LogP contribution in [0.5, 0.6) is 5.75 Å². The summed E-state index contributed by atoms with van der Waals surface area (Å²) in [5.74, 6) is 0.651. The number of hydrogen-bond acceptors (Lipinski definition) is 3. The Hall–Kier alpha value is -1.62. The molecule has 0 spiro atoms. The number of likely N-dealkylation sites (tertiary alicyclic amines) is 2. The molecular formula is C18H25FN2O2. The Morgan fingerprint density at radius 2 is 1.87 bits per heavy atom. The number of nitrogens with zero attached hydrogens (tertiary/aromatic N) is 2. The summed E-state index contributed by atoms with van der Waals surface area (Å²) in [5, 5.41) is 0.